The zero-order valence-electron chi connectivity index (χ0n) is 9.90. The minimum atomic E-state index is -4.40. The van der Waals surface area contributed by atoms with Gasteiger partial charge in [-0.3, -0.25) is 0 Å². The molecule has 19 heavy (non-hydrogen) atoms. The number of rotatable bonds is 3. The van der Waals surface area contributed by atoms with Gasteiger partial charge >= 0.3 is 12.2 Å². The standard InChI is InChI=1S/C11H11F3N4O/c1-6(15)9-17-18-10(19-9)16-8-4-2-3-7(5-8)11(12,13)14/h2-6H,15H2,1H3,(H,16,18). The molecule has 2 rings (SSSR count). The summed E-state index contributed by atoms with van der Waals surface area (Å²) in [5.74, 6) is 0.203. The predicted molar refractivity (Wildman–Crippen MR) is 61.6 cm³/mol. The van der Waals surface area contributed by atoms with E-state index in [-0.39, 0.29) is 17.6 Å². The first-order chi connectivity index (χ1) is 8.86. The fourth-order valence-corrected chi connectivity index (χ4v) is 1.37. The summed E-state index contributed by atoms with van der Waals surface area (Å²) in [5, 5.41) is 9.89. The normalized spacial score (nSPS) is 13.3. The third kappa shape index (κ3) is 3.22. The highest BCUT2D eigenvalue weighted by Gasteiger charge is 2.30. The minimum Gasteiger partial charge on any atom is -0.406 e. The molecular formula is C11H11F3N4O. The molecule has 1 aromatic carbocycles. The fourth-order valence-electron chi connectivity index (χ4n) is 1.37. The van der Waals surface area contributed by atoms with Crippen LogP contribution in [0.1, 0.15) is 24.4 Å². The second-order valence-electron chi connectivity index (χ2n) is 3.94. The van der Waals surface area contributed by atoms with Crippen LogP contribution >= 0.6 is 0 Å². The first-order valence-corrected chi connectivity index (χ1v) is 5.39. The molecule has 0 fully saturated rings. The second-order valence-corrected chi connectivity index (χ2v) is 3.94. The molecule has 1 unspecified atom stereocenters. The van der Waals surface area contributed by atoms with Gasteiger partial charge in [0.1, 0.15) is 0 Å². The maximum Gasteiger partial charge on any atom is 0.416 e. The van der Waals surface area contributed by atoms with Crippen molar-refractivity contribution in [3.05, 3.63) is 35.7 Å². The molecule has 0 aliphatic heterocycles. The summed E-state index contributed by atoms with van der Waals surface area (Å²) >= 11 is 0. The van der Waals surface area contributed by atoms with E-state index < -0.39 is 17.8 Å². The topological polar surface area (TPSA) is 77.0 Å². The van der Waals surface area contributed by atoms with Crippen molar-refractivity contribution in [3.8, 4) is 0 Å². The van der Waals surface area contributed by atoms with Crippen molar-refractivity contribution in [1.82, 2.24) is 10.2 Å². The third-order valence-corrected chi connectivity index (χ3v) is 2.27. The molecule has 0 radical (unpaired) electrons. The number of anilines is 2. The molecule has 3 N–H and O–H groups in total. The van der Waals surface area contributed by atoms with E-state index in [9.17, 15) is 13.2 Å². The van der Waals surface area contributed by atoms with E-state index in [1.54, 1.807) is 6.92 Å². The first-order valence-electron chi connectivity index (χ1n) is 5.39. The fraction of sp³-hybridized carbons (Fsp3) is 0.273. The third-order valence-electron chi connectivity index (χ3n) is 2.27. The van der Waals surface area contributed by atoms with Crippen LogP contribution in [0.2, 0.25) is 0 Å². The largest absolute Gasteiger partial charge is 0.416 e. The summed E-state index contributed by atoms with van der Waals surface area (Å²) in [6, 6.07) is 4.23. The van der Waals surface area contributed by atoms with Crippen LogP contribution in [-0.4, -0.2) is 10.2 Å². The van der Waals surface area contributed by atoms with Gasteiger partial charge in [-0.05, 0) is 25.1 Å². The van der Waals surface area contributed by atoms with Gasteiger partial charge in [-0.2, -0.15) is 13.2 Å². The van der Waals surface area contributed by atoms with Crippen LogP contribution in [0.5, 0.6) is 0 Å². The van der Waals surface area contributed by atoms with Crippen LogP contribution in [0.15, 0.2) is 28.7 Å². The lowest BCUT2D eigenvalue weighted by Crippen LogP contribution is -2.05. The van der Waals surface area contributed by atoms with E-state index in [2.05, 4.69) is 15.5 Å². The van der Waals surface area contributed by atoms with E-state index >= 15 is 0 Å². The number of nitrogens with one attached hydrogen (secondary N) is 1. The number of alkyl halides is 3. The molecule has 0 aliphatic rings. The number of aromatic nitrogens is 2. The molecule has 1 heterocycles. The lowest BCUT2D eigenvalue weighted by molar-refractivity contribution is -0.137. The van der Waals surface area contributed by atoms with Crippen LogP contribution < -0.4 is 11.1 Å². The van der Waals surface area contributed by atoms with E-state index in [0.717, 1.165) is 12.1 Å². The Bertz CT molecular complexity index is 565. The Kier molecular flexibility index (Phi) is 3.43. The van der Waals surface area contributed by atoms with Gasteiger partial charge in [-0.25, -0.2) is 0 Å². The zero-order valence-corrected chi connectivity index (χ0v) is 9.90. The lowest BCUT2D eigenvalue weighted by Gasteiger charge is -2.08. The molecule has 102 valence electrons. The Morgan fingerprint density at radius 1 is 1.32 bits per heavy atom. The van der Waals surface area contributed by atoms with Crippen molar-refractivity contribution in [2.45, 2.75) is 19.1 Å². The molecule has 0 bridgehead atoms. The van der Waals surface area contributed by atoms with Crippen LogP contribution in [-0.2, 0) is 6.18 Å². The van der Waals surface area contributed by atoms with Crippen molar-refractivity contribution < 1.29 is 17.6 Å². The lowest BCUT2D eigenvalue weighted by atomic mass is 10.2. The summed E-state index contributed by atoms with van der Waals surface area (Å²) in [4.78, 5) is 0. The predicted octanol–water partition coefficient (Wildman–Crippen LogP) is 2.85. The molecule has 0 spiro atoms. The van der Waals surface area contributed by atoms with Gasteiger partial charge in [0.05, 0.1) is 11.6 Å². The summed E-state index contributed by atoms with van der Waals surface area (Å²) in [7, 11) is 0. The van der Waals surface area contributed by atoms with Crippen LogP contribution in [0.4, 0.5) is 24.9 Å². The first kappa shape index (κ1) is 13.3. The minimum absolute atomic E-state index is 0.00776. The number of hydrogen-bond acceptors (Lipinski definition) is 5. The van der Waals surface area contributed by atoms with E-state index in [0.29, 0.717) is 0 Å². The second kappa shape index (κ2) is 4.88. The average Bonchev–Trinajstić information content (AvgIpc) is 2.77. The number of nitrogens with two attached hydrogens (primary N) is 1. The van der Waals surface area contributed by atoms with Gasteiger partial charge in [0.2, 0.25) is 5.89 Å². The Morgan fingerprint density at radius 3 is 2.63 bits per heavy atom. The molecule has 0 aliphatic carbocycles. The van der Waals surface area contributed by atoms with E-state index in [1.165, 1.54) is 12.1 Å². The summed E-state index contributed by atoms with van der Waals surface area (Å²) in [6.45, 7) is 1.65. The highest BCUT2D eigenvalue weighted by Crippen LogP contribution is 2.31. The highest BCUT2D eigenvalue weighted by molar-refractivity contribution is 5.53. The smallest absolute Gasteiger partial charge is 0.406 e. The molecule has 8 heteroatoms. The monoisotopic (exact) mass is 272 g/mol. The molecule has 0 amide bonds. The average molecular weight is 272 g/mol. The van der Waals surface area contributed by atoms with Crippen molar-refractivity contribution in [1.29, 1.82) is 0 Å². The number of halogens is 3. The molecule has 5 nitrogen and oxygen atoms in total. The van der Waals surface area contributed by atoms with Crippen LogP contribution in [0, 0.1) is 0 Å². The molecule has 1 aromatic heterocycles. The Hall–Kier alpha value is -2.09. The summed E-state index contributed by atoms with van der Waals surface area (Å²) in [5.41, 5.74) is 4.97. The van der Waals surface area contributed by atoms with Crippen LogP contribution in [0.25, 0.3) is 0 Å². The summed E-state index contributed by atoms with van der Waals surface area (Å²) < 4.78 is 42.7. The van der Waals surface area contributed by atoms with E-state index in [4.69, 9.17) is 10.2 Å². The Labute approximate surface area is 106 Å². The Balaban J connectivity index is 2.19. The molecule has 0 saturated carbocycles. The van der Waals surface area contributed by atoms with Gasteiger partial charge in [0.25, 0.3) is 0 Å². The number of hydrogen-bond donors (Lipinski definition) is 2. The SMILES string of the molecule is CC(N)c1nnc(Nc2cccc(C(F)(F)F)c2)o1. The molecular weight excluding hydrogens is 261 g/mol. The van der Waals surface area contributed by atoms with Gasteiger partial charge < -0.3 is 15.5 Å². The van der Waals surface area contributed by atoms with Crippen molar-refractivity contribution >= 4 is 11.7 Å². The van der Waals surface area contributed by atoms with Crippen LogP contribution in [0.3, 0.4) is 0 Å². The van der Waals surface area contributed by atoms with Gasteiger partial charge in [-0.1, -0.05) is 11.2 Å². The Morgan fingerprint density at radius 2 is 2.05 bits per heavy atom. The van der Waals surface area contributed by atoms with Crippen molar-refractivity contribution in [2.75, 3.05) is 5.32 Å². The van der Waals surface area contributed by atoms with Crippen molar-refractivity contribution in [2.24, 2.45) is 5.73 Å². The molecule has 1 atom stereocenters. The maximum atomic E-state index is 12.5. The van der Waals surface area contributed by atoms with Gasteiger partial charge in [-0.15, -0.1) is 5.10 Å². The zero-order chi connectivity index (χ0) is 14.0. The van der Waals surface area contributed by atoms with E-state index in [1.807, 2.05) is 0 Å². The van der Waals surface area contributed by atoms with Crippen molar-refractivity contribution in [3.63, 3.8) is 0 Å². The molecule has 2 aromatic rings. The van der Waals surface area contributed by atoms with Gasteiger partial charge in [0, 0.05) is 5.69 Å². The molecule has 0 saturated heterocycles. The number of nitrogens with zero attached hydrogens (tertiary/aromatic N) is 2. The van der Waals surface area contributed by atoms with Gasteiger partial charge in [0.15, 0.2) is 0 Å². The highest BCUT2D eigenvalue weighted by atomic mass is 19.4. The maximum absolute atomic E-state index is 12.5. The number of benzene rings is 1. The summed E-state index contributed by atoms with van der Waals surface area (Å²) in [6.07, 6.45) is -4.40. The quantitative estimate of drug-likeness (QED) is 0.898.